The van der Waals surface area contributed by atoms with Crippen LogP contribution in [0.3, 0.4) is 0 Å². The van der Waals surface area contributed by atoms with Crippen molar-refractivity contribution in [2.24, 2.45) is 0 Å². The van der Waals surface area contributed by atoms with Crippen LogP contribution in [-0.2, 0) is 0 Å². The highest BCUT2D eigenvalue weighted by atomic mass is 15.1. The highest BCUT2D eigenvalue weighted by Gasteiger charge is 2.16. The second-order valence-corrected chi connectivity index (χ2v) is 6.46. The van der Waals surface area contributed by atoms with Crippen molar-refractivity contribution >= 4 is 16.9 Å². The van der Waals surface area contributed by atoms with Crippen LogP contribution in [0.25, 0.3) is 27.8 Å². The third-order valence-electron chi connectivity index (χ3n) is 4.52. The molecule has 0 fully saturated rings. The topological polar surface area (TPSA) is 42.7 Å². The first-order chi connectivity index (χ1) is 12.8. The van der Waals surface area contributed by atoms with Crippen molar-refractivity contribution in [1.29, 1.82) is 0 Å². The number of hydrogen-bond donors (Lipinski definition) is 1. The number of aryl methyl sites for hydroxylation is 1. The Morgan fingerprint density at radius 1 is 0.962 bits per heavy atom. The molecule has 0 saturated heterocycles. The normalized spacial score (nSPS) is 11.0. The highest BCUT2D eigenvalue weighted by molar-refractivity contribution is 6.02. The summed E-state index contributed by atoms with van der Waals surface area (Å²) in [5.74, 6) is 0.890. The maximum absolute atomic E-state index is 4.61. The summed E-state index contributed by atoms with van der Waals surface area (Å²) in [6, 6.07) is 18.9. The van der Waals surface area contributed by atoms with Gasteiger partial charge in [0.1, 0.15) is 12.1 Å². The zero-order chi connectivity index (χ0) is 17.9. The number of nitrogens with zero attached hydrogens (tertiary/aromatic N) is 3. The van der Waals surface area contributed by atoms with E-state index >= 15 is 0 Å². The second-order valence-electron chi connectivity index (χ2n) is 6.46. The van der Waals surface area contributed by atoms with E-state index in [-0.39, 0.29) is 0 Å². The molecule has 2 aromatic carbocycles. The van der Waals surface area contributed by atoms with E-state index < -0.39 is 0 Å². The molecule has 4 heteroatoms. The van der Waals surface area contributed by atoms with Gasteiger partial charge in [-0.1, -0.05) is 55.0 Å². The Morgan fingerprint density at radius 2 is 1.73 bits per heavy atom. The van der Waals surface area contributed by atoms with E-state index in [1.807, 2.05) is 6.07 Å². The van der Waals surface area contributed by atoms with Crippen molar-refractivity contribution in [2.75, 3.05) is 11.9 Å². The van der Waals surface area contributed by atoms with Crippen LogP contribution >= 0.6 is 0 Å². The number of nitrogens with one attached hydrogen (secondary N) is 1. The van der Waals surface area contributed by atoms with Crippen molar-refractivity contribution in [3.8, 4) is 16.8 Å². The van der Waals surface area contributed by atoms with Gasteiger partial charge in [0.15, 0.2) is 5.65 Å². The van der Waals surface area contributed by atoms with Gasteiger partial charge in [0.05, 0.1) is 5.39 Å². The lowest BCUT2D eigenvalue weighted by atomic mass is 10.1. The average Bonchev–Trinajstić information content (AvgIpc) is 3.08. The first kappa shape index (κ1) is 16.3. The van der Waals surface area contributed by atoms with Crippen LogP contribution < -0.4 is 5.32 Å². The second kappa shape index (κ2) is 7.00. The fourth-order valence-corrected chi connectivity index (χ4v) is 3.18. The Hall–Kier alpha value is -3.14. The van der Waals surface area contributed by atoms with Gasteiger partial charge in [-0.3, -0.25) is 0 Å². The summed E-state index contributed by atoms with van der Waals surface area (Å²) >= 11 is 0. The number of aromatic nitrogens is 3. The Labute approximate surface area is 153 Å². The number of hydrogen-bond acceptors (Lipinski definition) is 3. The van der Waals surface area contributed by atoms with Crippen LogP contribution in [0.15, 0.2) is 67.1 Å². The van der Waals surface area contributed by atoms with E-state index in [0.29, 0.717) is 0 Å². The van der Waals surface area contributed by atoms with Gasteiger partial charge in [0.25, 0.3) is 0 Å². The summed E-state index contributed by atoms with van der Waals surface area (Å²) in [5, 5.41) is 4.52. The lowest BCUT2D eigenvalue weighted by Crippen LogP contribution is -2.03. The fraction of sp³-hybridized carbons (Fsp3) is 0.182. The van der Waals surface area contributed by atoms with Gasteiger partial charge in [-0.05, 0) is 31.0 Å². The molecule has 4 rings (SSSR count). The van der Waals surface area contributed by atoms with E-state index in [9.17, 15) is 0 Å². The van der Waals surface area contributed by atoms with Gasteiger partial charge in [0, 0.05) is 24.0 Å². The van der Waals surface area contributed by atoms with Crippen molar-refractivity contribution in [2.45, 2.75) is 20.3 Å². The van der Waals surface area contributed by atoms with Gasteiger partial charge < -0.3 is 9.88 Å². The SMILES string of the molecule is CCCNc1ncnc2c1c(-c1ccccc1)cn2-c1ccc(C)cc1. The maximum Gasteiger partial charge on any atom is 0.150 e. The summed E-state index contributed by atoms with van der Waals surface area (Å²) in [6.07, 6.45) is 4.85. The minimum Gasteiger partial charge on any atom is -0.369 e. The Morgan fingerprint density at radius 3 is 2.46 bits per heavy atom. The molecular formula is C22H22N4. The molecular weight excluding hydrogens is 320 g/mol. The summed E-state index contributed by atoms with van der Waals surface area (Å²) in [5.41, 5.74) is 5.57. The Balaban J connectivity index is 1.98. The summed E-state index contributed by atoms with van der Waals surface area (Å²) in [6.45, 7) is 5.14. The predicted molar refractivity (Wildman–Crippen MR) is 108 cm³/mol. The lowest BCUT2D eigenvalue weighted by molar-refractivity contribution is 0.968. The third-order valence-corrected chi connectivity index (χ3v) is 4.52. The molecule has 4 nitrogen and oxygen atoms in total. The molecule has 0 aliphatic carbocycles. The molecule has 2 aromatic heterocycles. The third kappa shape index (κ3) is 2.94. The van der Waals surface area contributed by atoms with Crippen LogP contribution in [0.4, 0.5) is 5.82 Å². The van der Waals surface area contributed by atoms with Crippen molar-refractivity contribution < 1.29 is 0 Å². The summed E-state index contributed by atoms with van der Waals surface area (Å²) in [4.78, 5) is 9.12. The van der Waals surface area contributed by atoms with Gasteiger partial charge in [0.2, 0.25) is 0 Å². The fourth-order valence-electron chi connectivity index (χ4n) is 3.18. The largest absolute Gasteiger partial charge is 0.369 e. The van der Waals surface area contributed by atoms with E-state index in [2.05, 4.69) is 88.4 Å². The van der Waals surface area contributed by atoms with Crippen LogP contribution in [0.2, 0.25) is 0 Å². The predicted octanol–water partition coefficient (Wildman–Crippen LogP) is 5.22. The van der Waals surface area contributed by atoms with Gasteiger partial charge >= 0.3 is 0 Å². The number of anilines is 1. The zero-order valence-electron chi connectivity index (χ0n) is 15.1. The molecule has 1 N–H and O–H groups in total. The van der Waals surface area contributed by atoms with E-state index in [1.54, 1.807) is 6.33 Å². The van der Waals surface area contributed by atoms with E-state index in [4.69, 9.17) is 0 Å². The first-order valence-corrected chi connectivity index (χ1v) is 9.00. The van der Waals surface area contributed by atoms with Gasteiger partial charge in [-0.25, -0.2) is 9.97 Å². The molecule has 0 atom stereocenters. The molecule has 0 aliphatic heterocycles. The Kier molecular flexibility index (Phi) is 4.40. The molecule has 0 saturated carbocycles. The minimum absolute atomic E-state index is 0.885. The molecule has 0 amide bonds. The van der Waals surface area contributed by atoms with Crippen LogP contribution in [0, 0.1) is 6.92 Å². The summed E-state index contributed by atoms with van der Waals surface area (Å²) in [7, 11) is 0. The van der Waals surface area contributed by atoms with Crippen molar-refractivity contribution in [3.05, 3.63) is 72.7 Å². The molecule has 26 heavy (non-hydrogen) atoms. The monoisotopic (exact) mass is 342 g/mol. The highest BCUT2D eigenvalue weighted by Crippen LogP contribution is 2.35. The maximum atomic E-state index is 4.61. The van der Waals surface area contributed by atoms with Crippen molar-refractivity contribution in [1.82, 2.24) is 14.5 Å². The van der Waals surface area contributed by atoms with E-state index in [0.717, 1.165) is 46.6 Å². The van der Waals surface area contributed by atoms with E-state index in [1.165, 1.54) is 5.56 Å². The minimum atomic E-state index is 0.885. The van der Waals surface area contributed by atoms with Crippen LogP contribution in [-0.4, -0.2) is 21.1 Å². The molecule has 0 unspecified atom stereocenters. The molecule has 0 spiro atoms. The molecule has 4 aromatic rings. The first-order valence-electron chi connectivity index (χ1n) is 9.00. The number of rotatable bonds is 5. The smallest absolute Gasteiger partial charge is 0.150 e. The Bertz CT molecular complexity index is 1020. The van der Waals surface area contributed by atoms with Gasteiger partial charge in [-0.15, -0.1) is 0 Å². The molecule has 2 heterocycles. The van der Waals surface area contributed by atoms with Crippen molar-refractivity contribution in [3.63, 3.8) is 0 Å². The van der Waals surface area contributed by atoms with Crippen LogP contribution in [0.5, 0.6) is 0 Å². The zero-order valence-corrected chi connectivity index (χ0v) is 15.1. The number of benzene rings is 2. The number of fused-ring (bicyclic) bond motifs is 1. The van der Waals surface area contributed by atoms with Gasteiger partial charge in [-0.2, -0.15) is 0 Å². The summed E-state index contributed by atoms with van der Waals surface area (Å²) < 4.78 is 2.15. The lowest BCUT2D eigenvalue weighted by Gasteiger charge is -2.08. The molecule has 130 valence electrons. The molecule has 0 aliphatic rings. The molecule has 0 bridgehead atoms. The standard InChI is InChI=1S/C22H22N4/c1-3-13-23-21-20-19(17-7-5-4-6-8-17)14-26(22(20)25-15-24-21)18-11-9-16(2)10-12-18/h4-12,14-15H,3,13H2,1-2H3,(H,23,24,25). The quantitative estimate of drug-likeness (QED) is 0.541. The average molecular weight is 342 g/mol. The molecule has 0 radical (unpaired) electrons. The van der Waals surface area contributed by atoms with Crippen LogP contribution in [0.1, 0.15) is 18.9 Å².